The fourth-order valence-corrected chi connectivity index (χ4v) is 1.87. The first-order valence-electron chi connectivity index (χ1n) is 6.84. The standard InChI is InChI=1S/C15H20FNO4/c1-21-12-6-4-5-11(15(12)16)8-9-13(18)17-10-3-2-7-14(19)20/h4-6H,2-3,7-10H2,1H3,(H,17,18)(H,19,20). The van der Waals surface area contributed by atoms with Gasteiger partial charge in [0.1, 0.15) is 0 Å². The number of hydrogen-bond donors (Lipinski definition) is 2. The highest BCUT2D eigenvalue weighted by atomic mass is 19.1. The molecule has 1 amide bonds. The van der Waals surface area contributed by atoms with Crippen LogP contribution in [0.3, 0.4) is 0 Å². The van der Waals surface area contributed by atoms with Crippen LogP contribution in [0, 0.1) is 5.82 Å². The Bertz CT molecular complexity index is 491. The van der Waals surface area contributed by atoms with E-state index in [2.05, 4.69) is 5.32 Å². The van der Waals surface area contributed by atoms with Crippen LogP contribution in [0.4, 0.5) is 4.39 Å². The molecule has 0 saturated heterocycles. The van der Waals surface area contributed by atoms with E-state index in [1.54, 1.807) is 12.1 Å². The van der Waals surface area contributed by atoms with Gasteiger partial charge in [-0.1, -0.05) is 12.1 Å². The lowest BCUT2D eigenvalue weighted by Gasteiger charge is -2.08. The Hall–Kier alpha value is -2.11. The van der Waals surface area contributed by atoms with Gasteiger partial charge in [0.15, 0.2) is 11.6 Å². The van der Waals surface area contributed by atoms with Crippen LogP contribution < -0.4 is 10.1 Å². The van der Waals surface area contributed by atoms with E-state index >= 15 is 0 Å². The van der Waals surface area contributed by atoms with Gasteiger partial charge >= 0.3 is 5.97 Å². The van der Waals surface area contributed by atoms with Crippen LogP contribution in [0.1, 0.15) is 31.2 Å². The summed E-state index contributed by atoms with van der Waals surface area (Å²) in [6.07, 6.45) is 1.73. The van der Waals surface area contributed by atoms with E-state index in [-0.39, 0.29) is 24.5 Å². The van der Waals surface area contributed by atoms with Crippen molar-refractivity contribution in [3.63, 3.8) is 0 Å². The van der Waals surface area contributed by atoms with Crippen molar-refractivity contribution in [1.29, 1.82) is 0 Å². The number of methoxy groups -OCH3 is 1. The van der Waals surface area contributed by atoms with E-state index < -0.39 is 11.8 Å². The first-order valence-corrected chi connectivity index (χ1v) is 6.84. The van der Waals surface area contributed by atoms with Crippen molar-refractivity contribution in [2.45, 2.75) is 32.1 Å². The molecule has 1 aromatic carbocycles. The molecule has 0 spiro atoms. The van der Waals surface area contributed by atoms with Gasteiger partial charge in [-0.2, -0.15) is 0 Å². The number of rotatable bonds is 9. The van der Waals surface area contributed by atoms with Crippen LogP contribution in [-0.4, -0.2) is 30.6 Å². The maximum absolute atomic E-state index is 13.8. The molecule has 0 bridgehead atoms. The number of amides is 1. The normalized spacial score (nSPS) is 10.2. The number of carboxylic acid groups (broad SMARTS) is 1. The molecule has 1 rings (SSSR count). The molecule has 21 heavy (non-hydrogen) atoms. The Morgan fingerprint density at radius 3 is 2.71 bits per heavy atom. The summed E-state index contributed by atoms with van der Waals surface area (Å²) in [4.78, 5) is 21.9. The summed E-state index contributed by atoms with van der Waals surface area (Å²) in [5.41, 5.74) is 0.440. The predicted molar refractivity (Wildman–Crippen MR) is 75.8 cm³/mol. The molecule has 0 aliphatic heterocycles. The van der Waals surface area contributed by atoms with Gasteiger partial charge < -0.3 is 15.2 Å². The van der Waals surface area contributed by atoms with Gasteiger partial charge in [0.05, 0.1) is 7.11 Å². The number of halogens is 1. The van der Waals surface area contributed by atoms with E-state index in [0.29, 0.717) is 31.4 Å². The molecular weight excluding hydrogens is 277 g/mol. The van der Waals surface area contributed by atoms with Gasteiger partial charge in [-0.15, -0.1) is 0 Å². The smallest absolute Gasteiger partial charge is 0.303 e. The molecule has 0 fully saturated rings. The summed E-state index contributed by atoms with van der Waals surface area (Å²) in [5.74, 6) is -1.28. The summed E-state index contributed by atoms with van der Waals surface area (Å²) >= 11 is 0. The summed E-state index contributed by atoms with van der Waals surface area (Å²) in [6, 6.07) is 4.83. The van der Waals surface area contributed by atoms with E-state index in [9.17, 15) is 14.0 Å². The number of aryl methyl sites for hydroxylation is 1. The quantitative estimate of drug-likeness (QED) is 0.685. The van der Waals surface area contributed by atoms with Crippen molar-refractivity contribution >= 4 is 11.9 Å². The highest BCUT2D eigenvalue weighted by molar-refractivity contribution is 5.76. The van der Waals surface area contributed by atoms with Crippen LogP contribution in [0.25, 0.3) is 0 Å². The number of ether oxygens (including phenoxy) is 1. The predicted octanol–water partition coefficient (Wildman–Crippen LogP) is 2.14. The van der Waals surface area contributed by atoms with Crippen molar-refractivity contribution in [2.75, 3.05) is 13.7 Å². The molecule has 5 nitrogen and oxygen atoms in total. The van der Waals surface area contributed by atoms with Gasteiger partial charge in [-0.25, -0.2) is 4.39 Å². The van der Waals surface area contributed by atoms with E-state index in [1.807, 2.05) is 0 Å². The fraction of sp³-hybridized carbons (Fsp3) is 0.467. The molecule has 0 unspecified atom stereocenters. The first kappa shape index (κ1) is 16.9. The maximum Gasteiger partial charge on any atom is 0.303 e. The average Bonchev–Trinajstić information content (AvgIpc) is 2.45. The third kappa shape index (κ3) is 6.25. The average molecular weight is 297 g/mol. The van der Waals surface area contributed by atoms with Gasteiger partial charge in [0.2, 0.25) is 5.91 Å². The lowest BCUT2D eigenvalue weighted by Crippen LogP contribution is -2.24. The lowest BCUT2D eigenvalue weighted by molar-refractivity contribution is -0.137. The third-order valence-electron chi connectivity index (χ3n) is 3.02. The molecule has 0 saturated carbocycles. The number of unbranched alkanes of at least 4 members (excludes halogenated alkanes) is 1. The van der Waals surface area contributed by atoms with Crippen LogP contribution in [0.15, 0.2) is 18.2 Å². The zero-order valence-electron chi connectivity index (χ0n) is 12.0. The maximum atomic E-state index is 13.8. The molecule has 0 heterocycles. The minimum absolute atomic E-state index is 0.102. The summed E-state index contributed by atoms with van der Waals surface area (Å²) < 4.78 is 18.7. The number of hydrogen-bond acceptors (Lipinski definition) is 3. The Balaban J connectivity index is 2.28. The van der Waals surface area contributed by atoms with Gasteiger partial charge in [0.25, 0.3) is 0 Å². The summed E-state index contributed by atoms with van der Waals surface area (Å²) in [6.45, 7) is 0.437. The monoisotopic (exact) mass is 297 g/mol. The van der Waals surface area contributed by atoms with Gasteiger partial charge in [0, 0.05) is 19.4 Å². The number of nitrogens with one attached hydrogen (secondary N) is 1. The molecule has 2 N–H and O–H groups in total. The van der Waals surface area contributed by atoms with Crippen LogP contribution >= 0.6 is 0 Å². The van der Waals surface area contributed by atoms with Crippen molar-refractivity contribution in [3.8, 4) is 5.75 Å². The van der Waals surface area contributed by atoms with Crippen molar-refractivity contribution in [3.05, 3.63) is 29.6 Å². The molecule has 0 aromatic heterocycles. The zero-order valence-corrected chi connectivity index (χ0v) is 12.0. The Kier molecular flexibility index (Phi) is 7.21. The molecule has 0 aliphatic carbocycles. The molecule has 0 radical (unpaired) electrons. The van der Waals surface area contributed by atoms with Crippen LogP contribution in [0.5, 0.6) is 5.75 Å². The number of carboxylic acids is 1. The second-order valence-corrected chi connectivity index (χ2v) is 4.63. The highest BCUT2D eigenvalue weighted by Crippen LogP contribution is 2.20. The van der Waals surface area contributed by atoms with Crippen molar-refractivity contribution in [1.82, 2.24) is 5.32 Å². The van der Waals surface area contributed by atoms with E-state index in [1.165, 1.54) is 13.2 Å². The Morgan fingerprint density at radius 2 is 2.05 bits per heavy atom. The molecule has 6 heteroatoms. The van der Waals surface area contributed by atoms with Gasteiger partial charge in [-0.3, -0.25) is 9.59 Å². The zero-order chi connectivity index (χ0) is 15.7. The molecular formula is C15H20FNO4. The van der Waals surface area contributed by atoms with E-state index in [4.69, 9.17) is 9.84 Å². The number of aliphatic carboxylic acids is 1. The number of carbonyl (C=O) groups is 2. The topological polar surface area (TPSA) is 75.6 Å². The van der Waals surface area contributed by atoms with Gasteiger partial charge in [-0.05, 0) is 30.9 Å². The molecule has 0 aliphatic rings. The minimum Gasteiger partial charge on any atom is -0.494 e. The fourth-order valence-electron chi connectivity index (χ4n) is 1.87. The molecule has 0 atom stereocenters. The van der Waals surface area contributed by atoms with Crippen molar-refractivity contribution < 1.29 is 23.8 Å². The van der Waals surface area contributed by atoms with Crippen LogP contribution in [-0.2, 0) is 16.0 Å². The lowest BCUT2D eigenvalue weighted by atomic mass is 10.1. The Labute approximate surface area is 123 Å². The second kappa shape index (κ2) is 8.94. The number of benzene rings is 1. The molecule has 1 aromatic rings. The largest absolute Gasteiger partial charge is 0.494 e. The SMILES string of the molecule is COc1cccc(CCC(=O)NCCCCC(=O)O)c1F. The van der Waals surface area contributed by atoms with E-state index in [0.717, 1.165) is 0 Å². The highest BCUT2D eigenvalue weighted by Gasteiger charge is 2.10. The minimum atomic E-state index is -0.838. The second-order valence-electron chi connectivity index (χ2n) is 4.63. The van der Waals surface area contributed by atoms with Crippen LogP contribution in [0.2, 0.25) is 0 Å². The summed E-state index contributed by atoms with van der Waals surface area (Å²) in [5, 5.41) is 11.2. The first-order chi connectivity index (χ1) is 10.0. The summed E-state index contributed by atoms with van der Waals surface area (Å²) in [7, 11) is 1.39. The van der Waals surface area contributed by atoms with Crippen molar-refractivity contribution in [2.24, 2.45) is 0 Å². The number of carbonyl (C=O) groups excluding carboxylic acids is 1. The third-order valence-corrected chi connectivity index (χ3v) is 3.02. The molecule has 116 valence electrons. The Morgan fingerprint density at radius 1 is 1.29 bits per heavy atom.